The van der Waals surface area contributed by atoms with Crippen molar-refractivity contribution < 1.29 is 4.79 Å². The zero-order valence-corrected chi connectivity index (χ0v) is 6.26. The maximum Gasteiger partial charge on any atom is 0.146 e. The average Bonchev–Trinajstić information content (AvgIpc) is 2.04. The molecule has 54 valence electrons. The Morgan fingerprint density at radius 2 is 2.50 bits per heavy atom. The number of allylic oxidation sites excluding steroid dienone is 4. The molecule has 0 atom stereocenters. The van der Waals surface area contributed by atoms with Gasteiger partial charge in [-0.3, -0.25) is 4.79 Å². The van der Waals surface area contributed by atoms with Crippen molar-refractivity contribution in [2.75, 3.05) is 0 Å². The molecule has 0 saturated heterocycles. The lowest BCUT2D eigenvalue weighted by Gasteiger charge is -2.08. The fourth-order valence-corrected chi connectivity index (χ4v) is 1.21. The van der Waals surface area contributed by atoms with Crippen LogP contribution in [0.3, 0.4) is 0 Å². The Labute approximate surface area is 61.4 Å². The van der Waals surface area contributed by atoms with Crippen LogP contribution in [0.2, 0.25) is 0 Å². The lowest BCUT2D eigenvalue weighted by molar-refractivity contribution is -0.105. The number of rotatable bonds is 2. The van der Waals surface area contributed by atoms with Crippen molar-refractivity contribution in [2.45, 2.75) is 26.2 Å². The third kappa shape index (κ3) is 1.35. The third-order valence-corrected chi connectivity index (χ3v) is 1.83. The summed E-state index contributed by atoms with van der Waals surface area (Å²) in [5.74, 6) is 0. The fraction of sp³-hybridized carbons (Fsp3) is 0.444. The van der Waals surface area contributed by atoms with E-state index in [1.165, 1.54) is 5.57 Å². The van der Waals surface area contributed by atoms with Crippen LogP contribution in [-0.4, -0.2) is 6.29 Å². The fourth-order valence-electron chi connectivity index (χ4n) is 1.21. The molecule has 1 nitrogen and oxygen atoms in total. The molecule has 1 aliphatic rings. The molecule has 0 fully saturated rings. The first-order valence-corrected chi connectivity index (χ1v) is 3.72. The summed E-state index contributed by atoms with van der Waals surface area (Å²) in [7, 11) is 0. The van der Waals surface area contributed by atoms with Crippen LogP contribution in [0, 0.1) is 0 Å². The van der Waals surface area contributed by atoms with Gasteiger partial charge in [-0.15, -0.1) is 0 Å². The zero-order valence-electron chi connectivity index (χ0n) is 6.26. The summed E-state index contributed by atoms with van der Waals surface area (Å²) in [6, 6.07) is 0. The van der Waals surface area contributed by atoms with E-state index in [0.717, 1.165) is 31.1 Å². The number of hydrogen-bond acceptors (Lipinski definition) is 1. The van der Waals surface area contributed by atoms with E-state index in [1.807, 2.05) is 0 Å². The van der Waals surface area contributed by atoms with Gasteiger partial charge in [0.15, 0.2) is 0 Å². The Morgan fingerprint density at radius 3 is 3.00 bits per heavy atom. The third-order valence-electron chi connectivity index (χ3n) is 1.83. The van der Waals surface area contributed by atoms with Gasteiger partial charge in [0.1, 0.15) is 6.29 Å². The normalized spacial score (nSPS) is 17.7. The van der Waals surface area contributed by atoms with Gasteiger partial charge in [0.2, 0.25) is 0 Å². The molecule has 0 N–H and O–H groups in total. The van der Waals surface area contributed by atoms with Crippen LogP contribution in [0.25, 0.3) is 0 Å². The van der Waals surface area contributed by atoms with Crippen molar-refractivity contribution in [3.05, 3.63) is 23.3 Å². The second-order valence-corrected chi connectivity index (χ2v) is 2.46. The minimum absolute atomic E-state index is 0.934. The molecule has 0 aromatic carbocycles. The first-order valence-electron chi connectivity index (χ1n) is 3.72. The van der Waals surface area contributed by atoms with E-state index >= 15 is 0 Å². The van der Waals surface area contributed by atoms with Crippen molar-refractivity contribution in [3.8, 4) is 0 Å². The molecule has 1 heteroatoms. The van der Waals surface area contributed by atoms with Crippen LogP contribution >= 0.6 is 0 Å². The Balaban J connectivity index is 2.83. The molecule has 0 unspecified atom stereocenters. The molecule has 10 heavy (non-hydrogen) atoms. The Kier molecular flexibility index (Phi) is 2.43. The number of carbonyl (C=O) groups excluding carboxylic acids is 1. The van der Waals surface area contributed by atoms with Gasteiger partial charge in [-0.1, -0.05) is 19.1 Å². The molecular formula is C9H12O. The van der Waals surface area contributed by atoms with Crippen molar-refractivity contribution in [3.63, 3.8) is 0 Å². The van der Waals surface area contributed by atoms with Crippen molar-refractivity contribution in [1.29, 1.82) is 0 Å². The van der Waals surface area contributed by atoms with Gasteiger partial charge >= 0.3 is 0 Å². The van der Waals surface area contributed by atoms with Gasteiger partial charge in [-0.25, -0.2) is 0 Å². The van der Waals surface area contributed by atoms with E-state index in [9.17, 15) is 4.79 Å². The molecule has 0 radical (unpaired) electrons. The smallest absolute Gasteiger partial charge is 0.146 e. The highest BCUT2D eigenvalue weighted by molar-refractivity contribution is 5.76. The summed E-state index contributed by atoms with van der Waals surface area (Å²) in [6.45, 7) is 2.08. The van der Waals surface area contributed by atoms with Crippen molar-refractivity contribution in [1.82, 2.24) is 0 Å². The van der Waals surface area contributed by atoms with E-state index < -0.39 is 0 Å². The largest absolute Gasteiger partial charge is 0.298 e. The summed E-state index contributed by atoms with van der Waals surface area (Å²) in [6.07, 6.45) is 8.12. The summed E-state index contributed by atoms with van der Waals surface area (Å²) in [5.41, 5.74) is 2.20. The monoisotopic (exact) mass is 136 g/mol. The summed E-state index contributed by atoms with van der Waals surface area (Å²) in [4.78, 5) is 10.4. The lowest BCUT2D eigenvalue weighted by atomic mass is 9.97. The predicted octanol–water partition coefficient (Wildman–Crippen LogP) is 2.24. The quantitative estimate of drug-likeness (QED) is 0.532. The number of hydrogen-bond donors (Lipinski definition) is 0. The molecule has 0 heterocycles. The summed E-state index contributed by atoms with van der Waals surface area (Å²) >= 11 is 0. The first-order chi connectivity index (χ1) is 4.88. The molecule has 0 aromatic rings. The molecule has 0 spiro atoms. The van der Waals surface area contributed by atoms with Gasteiger partial charge in [0, 0.05) is 0 Å². The molecule has 0 bridgehead atoms. The van der Waals surface area contributed by atoms with Gasteiger partial charge < -0.3 is 0 Å². The van der Waals surface area contributed by atoms with Crippen LogP contribution < -0.4 is 0 Å². The highest BCUT2D eigenvalue weighted by Gasteiger charge is 2.04. The van der Waals surface area contributed by atoms with E-state index in [-0.39, 0.29) is 0 Å². The average molecular weight is 136 g/mol. The first kappa shape index (κ1) is 7.26. The number of aldehydes is 1. The standard InChI is InChI=1S/C9H12O/c1-2-8-5-3-4-6-9(8)7-10/h3,5,7H,2,4,6H2,1H3. The Bertz CT molecular complexity index is 187. The van der Waals surface area contributed by atoms with E-state index in [2.05, 4.69) is 19.1 Å². The maximum absolute atomic E-state index is 10.4. The topological polar surface area (TPSA) is 17.1 Å². The van der Waals surface area contributed by atoms with E-state index in [1.54, 1.807) is 0 Å². The van der Waals surface area contributed by atoms with Crippen LogP contribution in [-0.2, 0) is 4.79 Å². The van der Waals surface area contributed by atoms with Crippen LogP contribution in [0.1, 0.15) is 26.2 Å². The molecule has 0 aliphatic heterocycles. The molecule has 0 aromatic heterocycles. The summed E-state index contributed by atoms with van der Waals surface area (Å²) in [5, 5.41) is 0. The van der Waals surface area contributed by atoms with Gasteiger partial charge in [-0.2, -0.15) is 0 Å². The van der Waals surface area contributed by atoms with Crippen LogP contribution in [0.4, 0.5) is 0 Å². The molecule has 0 saturated carbocycles. The SMILES string of the molecule is CCC1=C(C=O)CCC=C1. The highest BCUT2D eigenvalue weighted by Crippen LogP contribution is 2.18. The minimum Gasteiger partial charge on any atom is -0.298 e. The second kappa shape index (κ2) is 3.35. The predicted molar refractivity (Wildman–Crippen MR) is 41.8 cm³/mol. The highest BCUT2D eigenvalue weighted by atomic mass is 16.1. The van der Waals surface area contributed by atoms with E-state index in [0.29, 0.717) is 0 Å². The lowest BCUT2D eigenvalue weighted by Crippen LogP contribution is -1.94. The Morgan fingerprint density at radius 1 is 1.70 bits per heavy atom. The van der Waals surface area contributed by atoms with Crippen LogP contribution in [0.5, 0.6) is 0 Å². The molecule has 1 rings (SSSR count). The van der Waals surface area contributed by atoms with Crippen molar-refractivity contribution in [2.24, 2.45) is 0 Å². The minimum atomic E-state index is 0.934. The number of carbonyl (C=O) groups is 1. The Hall–Kier alpha value is -0.850. The van der Waals surface area contributed by atoms with Gasteiger partial charge in [-0.05, 0) is 30.4 Å². The zero-order chi connectivity index (χ0) is 7.40. The van der Waals surface area contributed by atoms with Crippen LogP contribution in [0.15, 0.2) is 23.3 Å². The van der Waals surface area contributed by atoms with Gasteiger partial charge in [0.05, 0.1) is 0 Å². The van der Waals surface area contributed by atoms with Crippen molar-refractivity contribution >= 4 is 6.29 Å². The maximum atomic E-state index is 10.4. The molecular weight excluding hydrogens is 124 g/mol. The molecule has 1 aliphatic carbocycles. The molecule has 0 amide bonds. The second-order valence-electron chi connectivity index (χ2n) is 2.46. The van der Waals surface area contributed by atoms with E-state index in [4.69, 9.17) is 0 Å². The summed E-state index contributed by atoms with van der Waals surface area (Å²) < 4.78 is 0. The van der Waals surface area contributed by atoms with Gasteiger partial charge in [0.25, 0.3) is 0 Å².